The molecule has 0 radical (unpaired) electrons. The normalized spacial score (nSPS) is 10.5. The number of aryl methyl sites for hydroxylation is 3. The molecule has 1 aromatic carbocycles. The molecule has 10 heteroatoms. The fourth-order valence-electron chi connectivity index (χ4n) is 2.58. The van der Waals surface area contributed by atoms with Crippen LogP contribution >= 0.6 is 11.6 Å². The standard InChI is InChI=1S/C20H20ClN5O4/c1-12-8-13(2)23-20(22-12)26-17(9-14(3)25-26)24-18(27)10-30-19(28)11-29-16-6-4-15(21)5-7-16/h4-9H,10-11H2,1-3H3,(H,24,27). The van der Waals surface area contributed by atoms with Crippen molar-refractivity contribution < 1.29 is 19.1 Å². The molecule has 0 aliphatic rings. The molecule has 0 spiro atoms. The fourth-order valence-corrected chi connectivity index (χ4v) is 2.71. The first-order valence-corrected chi connectivity index (χ1v) is 9.41. The zero-order valence-electron chi connectivity index (χ0n) is 16.7. The van der Waals surface area contributed by atoms with Crippen LogP contribution in [0.25, 0.3) is 5.95 Å². The molecule has 30 heavy (non-hydrogen) atoms. The number of carbonyl (C=O) groups excluding carboxylic acids is 2. The van der Waals surface area contributed by atoms with E-state index in [9.17, 15) is 9.59 Å². The summed E-state index contributed by atoms with van der Waals surface area (Å²) in [5.74, 6) is -0.0309. The molecule has 3 aromatic rings. The number of hydrogen-bond acceptors (Lipinski definition) is 7. The molecular weight excluding hydrogens is 410 g/mol. The maximum absolute atomic E-state index is 12.2. The summed E-state index contributed by atoms with van der Waals surface area (Å²) in [5.41, 5.74) is 2.22. The molecule has 1 N–H and O–H groups in total. The maximum Gasteiger partial charge on any atom is 0.344 e. The highest BCUT2D eigenvalue weighted by Gasteiger charge is 2.15. The Morgan fingerprint density at radius 1 is 1.00 bits per heavy atom. The van der Waals surface area contributed by atoms with Crippen molar-refractivity contribution in [3.8, 4) is 11.7 Å². The number of carbonyl (C=O) groups is 2. The molecule has 0 fully saturated rings. The second-order valence-corrected chi connectivity index (χ2v) is 6.92. The van der Waals surface area contributed by atoms with Crippen molar-refractivity contribution in [1.29, 1.82) is 0 Å². The molecule has 3 rings (SSSR count). The monoisotopic (exact) mass is 429 g/mol. The zero-order chi connectivity index (χ0) is 21.7. The summed E-state index contributed by atoms with van der Waals surface area (Å²) < 4.78 is 11.7. The van der Waals surface area contributed by atoms with Gasteiger partial charge in [0.1, 0.15) is 11.6 Å². The number of amides is 1. The van der Waals surface area contributed by atoms with Crippen LogP contribution in [0.4, 0.5) is 5.82 Å². The smallest absolute Gasteiger partial charge is 0.344 e. The molecule has 9 nitrogen and oxygen atoms in total. The third-order valence-electron chi connectivity index (χ3n) is 3.79. The van der Waals surface area contributed by atoms with E-state index in [0.717, 1.165) is 11.4 Å². The molecule has 0 atom stereocenters. The van der Waals surface area contributed by atoms with Gasteiger partial charge in [0.15, 0.2) is 13.2 Å². The van der Waals surface area contributed by atoms with Crippen molar-refractivity contribution >= 4 is 29.3 Å². The summed E-state index contributed by atoms with van der Waals surface area (Å²) >= 11 is 5.79. The lowest BCUT2D eigenvalue weighted by Gasteiger charge is -2.10. The summed E-state index contributed by atoms with van der Waals surface area (Å²) in [7, 11) is 0. The molecular formula is C20H20ClN5O4. The number of esters is 1. The number of nitrogens with one attached hydrogen (secondary N) is 1. The molecule has 0 saturated carbocycles. The molecule has 2 aromatic heterocycles. The minimum absolute atomic E-state index is 0.331. The van der Waals surface area contributed by atoms with E-state index in [0.29, 0.717) is 28.2 Å². The van der Waals surface area contributed by atoms with E-state index in [2.05, 4.69) is 20.4 Å². The van der Waals surface area contributed by atoms with Crippen LogP contribution in [-0.4, -0.2) is 44.8 Å². The second-order valence-electron chi connectivity index (χ2n) is 6.48. The van der Waals surface area contributed by atoms with Crippen molar-refractivity contribution in [2.24, 2.45) is 0 Å². The van der Waals surface area contributed by atoms with Crippen molar-refractivity contribution in [3.63, 3.8) is 0 Å². The van der Waals surface area contributed by atoms with Crippen LogP contribution in [0.1, 0.15) is 17.1 Å². The Kier molecular flexibility index (Phi) is 6.63. The number of aromatic nitrogens is 4. The van der Waals surface area contributed by atoms with Crippen molar-refractivity contribution in [2.45, 2.75) is 20.8 Å². The lowest BCUT2D eigenvalue weighted by atomic mass is 10.3. The van der Waals surface area contributed by atoms with Crippen LogP contribution in [0.5, 0.6) is 5.75 Å². The van der Waals surface area contributed by atoms with Crippen LogP contribution in [0, 0.1) is 20.8 Å². The van der Waals surface area contributed by atoms with Gasteiger partial charge in [-0.3, -0.25) is 4.79 Å². The number of anilines is 1. The average molecular weight is 430 g/mol. The third-order valence-corrected chi connectivity index (χ3v) is 4.05. The van der Waals surface area contributed by atoms with Crippen molar-refractivity contribution in [2.75, 3.05) is 18.5 Å². The Hall–Kier alpha value is -3.46. The highest BCUT2D eigenvalue weighted by Crippen LogP contribution is 2.16. The first-order valence-electron chi connectivity index (χ1n) is 9.03. The summed E-state index contributed by atoms with van der Waals surface area (Å²) in [6.07, 6.45) is 0. The van der Waals surface area contributed by atoms with E-state index in [1.54, 1.807) is 37.3 Å². The summed E-state index contributed by atoms with van der Waals surface area (Å²) in [6.45, 7) is 4.67. The van der Waals surface area contributed by atoms with E-state index in [-0.39, 0.29) is 6.61 Å². The van der Waals surface area contributed by atoms with Gasteiger partial charge in [-0.05, 0) is 51.1 Å². The highest BCUT2D eigenvalue weighted by atomic mass is 35.5. The molecule has 0 unspecified atom stereocenters. The Bertz CT molecular complexity index is 1050. The Labute approximate surface area is 178 Å². The molecule has 0 saturated heterocycles. The minimum Gasteiger partial charge on any atom is -0.482 e. The van der Waals surface area contributed by atoms with Gasteiger partial charge in [0.25, 0.3) is 11.9 Å². The molecule has 2 heterocycles. The summed E-state index contributed by atoms with van der Waals surface area (Å²) in [6, 6.07) is 10.0. The van der Waals surface area contributed by atoms with Crippen LogP contribution in [0.15, 0.2) is 36.4 Å². The van der Waals surface area contributed by atoms with Crippen LogP contribution in [0.3, 0.4) is 0 Å². The third kappa shape index (κ3) is 5.77. The van der Waals surface area contributed by atoms with Gasteiger partial charge in [-0.1, -0.05) is 11.6 Å². The lowest BCUT2D eigenvalue weighted by molar-refractivity contribution is -0.149. The average Bonchev–Trinajstić information content (AvgIpc) is 3.05. The van der Waals surface area contributed by atoms with Gasteiger partial charge in [-0.25, -0.2) is 14.8 Å². The Morgan fingerprint density at radius 3 is 2.33 bits per heavy atom. The minimum atomic E-state index is -0.678. The Morgan fingerprint density at radius 2 is 1.67 bits per heavy atom. The van der Waals surface area contributed by atoms with Gasteiger partial charge in [0.2, 0.25) is 0 Å². The number of nitrogens with zero attached hydrogens (tertiary/aromatic N) is 4. The maximum atomic E-state index is 12.2. The predicted octanol–water partition coefficient (Wildman–Crippen LogP) is 2.80. The lowest BCUT2D eigenvalue weighted by Crippen LogP contribution is -2.24. The number of halogens is 1. The number of rotatable bonds is 7. The quantitative estimate of drug-likeness (QED) is 0.575. The highest BCUT2D eigenvalue weighted by molar-refractivity contribution is 6.30. The zero-order valence-corrected chi connectivity index (χ0v) is 17.4. The molecule has 0 aliphatic heterocycles. The van der Waals surface area contributed by atoms with E-state index in [4.69, 9.17) is 21.1 Å². The van der Waals surface area contributed by atoms with Crippen LogP contribution in [-0.2, 0) is 14.3 Å². The van der Waals surface area contributed by atoms with E-state index < -0.39 is 18.5 Å². The number of ether oxygens (including phenoxy) is 2. The summed E-state index contributed by atoms with van der Waals surface area (Å²) in [4.78, 5) is 32.7. The predicted molar refractivity (Wildman–Crippen MR) is 110 cm³/mol. The van der Waals surface area contributed by atoms with Gasteiger partial charge < -0.3 is 14.8 Å². The molecule has 0 bridgehead atoms. The van der Waals surface area contributed by atoms with E-state index in [1.807, 2.05) is 19.9 Å². The van der Waals surface area contributed by atoms with Gasteiger partial charge in [0.05, 0.1) is 5.69 Å². The number of hydrogen-bond donors (Lipinski definition) is 1. The first kappa shape index (κ1) is 21.3. The largest absolute Gasteiger partial charge is 0.482 e. The van der Waals surface area contributed by atoms with Gasteiger partial charge in [-0.15, -0.1) is 0 Å². The van der Waals surface area contributed by atoms with Gasteiger partial charge >= 0.3 is 5.97 Å². The second kappa shape index (κ2) is 9.36. The van der Waals surface area contributed by atoms with Crippen LogP contribution < -0.4 is 10.1 Å². The first-order chi connectivity index (χ1) is 14.3. The van der Waals surface area contributed by atoms with Gasteiger partial charge in [-0.2, -0.15) is 9.78 Å². The SMILES string of the molecule is Cc1cc(C)nc(-n2nc(C)cc2NC(=O)COC(=O)COc2ccc(Cl)cc2)n1. The van der Waals surface area contributed by atoms with E-state index in [1.165, 1.54) is 4.68 Å². The van der Waals surface area contributed by atoms with Crippen molar-refractivity contribution in [3.05, 3.63) is 58.5 Å². The topological polar surface area (TPSA) is 108 Å². The molecule has 0 aliphatic carbocycles. The van der Waals surface area contributed by atoms with Gasteiger partial charge in [0, 0.05) is 22.5 Å². The fraction of sp³-hybridized carbons (Fsp3) is 0.250. The number of benzene rings is 1. The molecule has 156 valence electrons. The van der Waals surface area contributed by atoms with Crippen molar-refractivity contribution in [1.82, 2.24) is 19.7 Å². The Balaban J connectivity index is 1.56. The van der Waals surface area contributed by atoms with E-state index >= 15 is 0 Å². The molecule has 1 amide bonds. The summed E-state index contributed by atoms with van der Waals surface area (Å²) in [5, 5.41) is 7.53. The van der Waals surface area contributed by atoms with Crippen LogP contribution in [0.2, 0.25) is 5.02 Å².